The van der Waals surface area contributed by atoms with E-state index < -0.39 is 4.92 Å². The number of hydrogen-bond acceptors (Lipinski definition) is 4. The van der Waals surface area contributed by atoms with Crippen LogP contribution >= 0.6 is 11.6 Å². The van der Waals surface area contributed by atoms with Gasteiger partial charge in [-0.05, 0) is 43.7 Å². The number of halogens is 1. The molecule has 2 aromatic rings. The van der Waals surface area contributed by atoms with Crippen LogP contribution in [0.25, 0.3) is 0 Å². The Morgan fingerprint density at radius 3 is 2.52 bits per heavy atom. The van der Waals surface area contributed by atoms with Gasteiger partial charge in [0.05, 0.1) is 4.92 Å². The van der Waals surface area contributed by atoms with E-state index in [9.17, 15) is 10.1 Å². The third kappa shape index (κ3) is 3.32. The van der Waals surface area contributed by atoms with Gasteiger partial charge < -0.3 is 10.5 Å². The van der Waals surface area contributed by atoms with Gasteiger partial charge in [0.1, 0.15) is 11.5 Å². The Hall–Kier alpha value is -2.11. The summed E-state index contributed by atoms with van der Waals surface area (Å²) in [7, 11) is 0. The van der Waals surface area contributed by atoms with Crippen LogP contribution in [-0.2, 0) is 6.54 Å². The number of benzene rings is 2. The Kier molecular flexibility index (Phi) is 4.45. The summed E-state index contributed by atoms with van der Waals surface area (Å²) in [5.41, 5.74) is 7.76. The largest absolute Gasteiger partial charge is 0.457 e. The Balaban J connectivity index is 2.41. The Morgan fingerprint density at radius 1 is 1.19 bits per heavy atom. The van der Waals surface area contributed by atoms with Gasteiger partial charge >= 0.3 is 0 Å². The first kappa shape index (κ1) is 15.3. The van der Waals surface area contributed by atoms with E-state index in [2.05, 4.69) is 0 Å². The van der Waals surface area contributed by atoms with Gasteiger partial charge in [-0.25, -0.2) is 0 Å². The molecule has 2 N–H and O–H groups in total. The Labute approximate surface area is 127 Å². The van der Waals surface area contributed by atoms with E-state index in [1.807, 2.05) is 0 Å². The maximum Gasteiger partial charge on any atom is 0.272 e. The molecule has 2 aromatic carbocycles. The highest BCUT2D eigenvalue weighted by atomic mass is 35.5. The number of nitro groups is 1. The lowest BCUT2D eigenvalue weighted by Crippen LogP contribution is -2.01. The molecule has 0 fully saturated rings. The van der Waals surface area contributed by atoms with Gasteiger partial charge in [-0.3, -0.25) is 10.1 Å². The van der Waals surface area contributed by atoms with Crippen molar-refractivity contribution in [3.05, 3.63) is 62.2 Å². The van der Waals surface area contributed by atoms with Crippen molar-refractivity contribution in [2.45, 2.75) is 20.4 Å². The van der Waals surface area contributed by atoms with Crippen LogP contribution in [0.3, 0.4) is 0 Å². The molecule has 0 aromatic heterocycles. The second-order valence-corrected chi connectivity index (χ2v) is 5.16. The summed E-state index contributed by atoms with van der Waals surface area (Å²) in [5, 5.41) is 11.5. The van der Waals surface area contributed by atoms with E-state index in [0.717, 1.165) is 5.56 Å². The molecule has 0 aliphatic heterocycles. The maximum atomic E-state index is 10.9. The Morgan fingerprint density at radius 2 is 1.90 bits per heavy atom. The van der Waals surface area contributed by atoms with Gasteiger partial charge in [-0.2, -0.15) is 0 Å². The molecular formula is C15H15ClN2O3. The minimum atomic E-state index is -0.403. The van der Waals surface area contributed by atoms with Crippen molar-refractivity contribution in [3.8, 4) is 11.5 Å². The summed E-state index contributed by atoms with van der Waals surface area (Å²) in [4.78, 5) is 10.5. The van der Waals surface area contributed by atoms with Gasteiger partial charge in [0, 0.05) is 28.8 Å². The minimum absolute atomic E-state index is 0.0787. The normalized spacial score (nSPS) is 10.5. The first-order chi connectivity index (χ1) is 9.92. The molecule has 110 valence electrons. The van der Waals surface area contributed by atoms with Crippen molar-refractivity contribution < 1.29 is 9.66 Å². The van der Waals surface area contributed by atoms with Crippen LogP contribution in [0.4, 0.5) is 5.69 Å². The summed E-state index contributed by atoms with van der Waals surface area (Å²) in [6.07, 6.45) is 0. The van der Waals surface area contributed by atoms with Crippen molar-refractivity contribution in [2.75, 3.05) is 0 Å². The highest BCUT2D eigenvalue weighted by Crippen LogP contribution is 2.33. The highest BCUT2D eigenvalue weighted by molar-refractivity contribution is 6.30. The molecule has 0 aliphatic carbocycles. The maximum absolute atomic E-state index is 10.9. The second kappa shape index (κ2) is 6.11. The number of nitrogens with zero attached hydrogens (tertiary/aromatic N) is 1. The van der Waals surface area contributed by atoms with Crippen molar-refractivity contribution in [3.63, 3.8) is 0 Å². The molecule has 0 heterocycles. The Bertz CT molecular complexity index is 702. The molecule has 0 saturated heterocycles. The van der Waals surface area contributed by atoms with Crippen LogP contribution in [0, 0.1) is 24.0 Å². The quantitative estimate of drug-likeness (QED) is 0.681. The highest BCUT2D eigenvalue weighted by Gasteiger charge is 2.15. The zero-order chi connectivity index (χ0) is 15.6. The van der Waals surface area contributed by atoms with Crippen molar-refractivity contribution in [2.24, 2.45) is 5.73 Å². The SMILES string of the molecule is Cc1cc([N+](=O)[O-])c(C)cc1Oc1ccc(Cl)cc1CN. The fourth-order valence-electron chi connectivity index (χ4n) is 2.01. The molecule has 0 radical (unpaired) electrons. The number of nitrogens with two attached hydrogens (primary N) is 1. The van der Waals surface area contributed by atoms with Gasteiger partial charge in [0.2, 0.25) is 0 Å². The monoisotopic (exact) mass is 306 g/mol. The zero-order valence-electron chi connectivity index (χ0n) is 11.7. The minimum Gasteiger partial charge on any atom is -0.457 e. The second-order valence-electron chi connectivity index (χ2n) is 4.72. The molecule has 21 heavy (non-hydrogen) atoms. The van der Waals surface area contributed by atoms with Crippen molar-refractivity contribution in [1.82, 2.24) is 0 Å². The van der Waals surface area contributed by atoms with Crippen molar-refractivity contribution in [1.29, 1.82) is 0 Å². The van der Waals surface area contributed by atoms with Crippen molar-refractivity contribution >= 4 is 17.3 Å². The molecule has 0 unspecified atom stereocenters. The van der Waals surface area contributed by atoms with Crippen LogP contribution in [0.1, 0.15) is 16.7 Å². The molecule has 2 rings (SSSR count). The summed E-state index contributed by atoms with van der Waals surface area (Å²) in [5.74, 6) is 1.16. The van der Waals surface area contributed by atoms with E-state index in [1.165, 1.54) is 6.07 Å². The molecule has 0 atom stereocenters. The number of hydrogen-bond donors (Lipinski definition) is 1. The third-order valence-electron chi connectivity index (χ3n) is 3.15. The number of ether oxygens (including phenoxy) is 1. The average Bonchev–Trinajstić information content (AvgIpc) is 2.43. The third-order valence-corrected chi connectivity index (χ3v) is 3.39. The van der Waals surface area contributed by atoms with Gasteiger partial charge in [-0.1, -0.05) is 11.6 Å². The number of aryl methyl sites for hydroxylation is 2. The van der Waals surface area contributed by atoms with Crippen LogP contribution in [-0.4, -0.2) is 4.92 Å². The molecule has 0 amide bonds. The fraction of sp³-hybridized carbons (Fsp3) is 0.200. The lowest BCUT2D eigenvalue weighted by atomic mass is 10.1. The lowest BCUT2D eigenvalue weighted by Gasteiger charge is -2.13. The van der Waals surface area contributed by atoms with Crippen LogP contribution in [0.5, 0.6) is 11.5 Å². The molecule has 0 bridgehead atoms. The lowest BCUT2D eigenvalue weighted by molar-refractivity contribution is -0.385. The first-order valence-electron chi connectivity index (χ1n) is 6.34. The summed E-state index contributed by atoms with van der Waals surface area (Å²) >= 11 is 5.92. The van der Waals surface area contributed by atoms with Crippen LogP contribution in [0.15, 0.2) is 30.3 Å². The fourth-order valence-corrected chi connectivity index (χ4v) is 2.20. The molecule has 0 saturated carbocycles. The predicted molar refractivity (Wildman–Crippen MR) is 82.0 cm³/mol. The van der Waals surface area contributed by atoms with E-state index in [1.54, 1.807) is 38.1 Å². The van der Waals surface area contributed by atoms with E-state index >= 15 is 0 Å². The number of rotatable bonds is 4. The van der Waals surface area contributed by atoms with Gasteiger partial charge in [0.15, 0.2) is 0 Å². The van der Waals surface area contributed by atoms with Crippen LogP contribution < -0.4 is 10.5 Å². The van der Waals surface area contributed by atoms with Crippen LogP contribution in [0.2, 0.25) is 5.02 Å². The van der Waals surface area contributed by atoms with Gasteiger partial charge in [0.25, 0.3) is 5.69 Å². The molecule has 0 aliphatic rings. The standard InChI is InChI=1S/C15H15ClN2O3/c1-9-6-15(10(2)5-13(9)18(19)20)21-14-4-3-12(16)7-11(14)8-17/h3-7H,8,17H2,1-2H3. The topological polar surface area (TPSA) is 78.4 Å². The molecular weight excluding hydrogens is 292 g/mol. The predicted octanol–water partition coefficient (Wildman–Crippen LogP) is 4.12. The summed E-state index contributed by atoms with van der Waals surface area (Å²) < 4.78 is 5.84. The zero-order valence-corrected chi connectivity index (χ0v) is 12.5. The van der Waals surface area contributed by atoms with E-state index in [4.69, 9.17) is 22.1 Å². The summed E-state index contributed by atoms with van der Waals surface area (Å²) in [6.45, 7) is 3.73. The number of nitro benzene ring substituents is 1. The van der Waals surface area contributed by atoms with Gasteiger partial charge in [-0.15, -0.1) is 0 Å². The molecule has 6 heteroatoms. The van der Waals surface area contributed by atoms with E-state index in [0.29, 0.717) is 34.2 Å². The molecule has 0 spiro atoms. The summed E-state index contributed by atoms with van der Waals surface area (Å²) in [6, 6.07) is 8.35. The smallest absolute Gasteiger partial charge is 0.272 e. The van der Waals surface area contributed by atoms with E-state index in [-0.39, 0.29) is 5.69 Å². The average molecular weight is 307 g/mol. The first-order valence-corrected chi connectivity index (χ1v) is 6.72. The molecule has 5 nitrogen and oxygen atoms in total.